The van der Waals surface area contributed by atoms with Gasteiger partial charge in [-0.25, -0.2) is 0 Å². The normalized spacial score (nSPS) is 19.6. The van der Waals surface area contributed by atoms with Gasteiger partial charge in [0.15, 0.2) is 5.76 Å². The first-order valence-corrected chi connectivity index (χ1v) is 8.68. The minimum atomic E-state index is -4.49. The Hall–Kier alpha value is -3.10. The summed E-state index contributed by atoms with van der Waals surface area (Å²) < 4.78 is 44.2. The lowest BCUT2D eigenvalue weighted by Gasteiger charge is -2.25. The fourth-order valence-electron chi connectivity index (χ4n) is 3.26. The highest BCUT2D eigenvalue weighted by atomic mass is 19.4. The summed E-state index contributed by atoms with van der Waals surface area (Å²) in [5, 5.41) is 2.18. The van der Waals surface area contributed by atoms with E-state index in [1.54, 1.807) is 0 Å². The fraction of sp³-hybridized carbons (Fsp3) is 0.316. The van der Waals surface area contributed by atoms with Crippen molar-refractivity contribution in [2.75, 3.05) is 0 Å². The largest absolute Gasteiger partial charge is 0.451 e. The maximum Gasteiger partial charge on any atom is 0.416 e. The van der Waals surface area contributed by atoms with Crippen LogP contribution in [-0.4, -0.2) is 34.7 Å². The van der Waals surface area contributed by atoms with E-state index < -0.39 is 35.5 Å². The Kier molecular flexibility index (Phi) is 4.24. The molecule has 1 aromatic carbocycles. The van der Waals surface area contributed by atoms with Crippen molar-refractivity contribution in [2.45, 2.75) is 37.5 Å². The van der Waals surface area contributed by atoms with Crippen LogP contribution in [0.2, 0.25) is 0 Å². The molecule has 9 heteroatoms. The predicted octanol–water partition coefficient (Wildman–Crippen LogP) is 2.99. The summed E-state index contributed by atoms with van der Waals surface area (Å²) in [5.74, 6) is -1.52. The zero-order chi connectivity index (χ0) is 20.1. The molecule has 3 amide bonds. The molecule has 0 bridgehead atoms. The third-order valence-electron chi connectivity index (χ3n) is 4.75. The SMILES string of the molecule is O=C1C[C@@H](N(C(=O)c2ccc(-c3cccc(C(F)(F)F)c3)o2)C2CC2)C(=O)N1. The lowest BCUT2D eigenvalue weighted by Crippen LogP contribution is -2.45. The molecule has 1 saturated carbocycles. The highest BCUT2D eigenvalue weighted by Crippen LogP contribution is 2.35. The van der Waals surface area contributed by atoms with Gasteiger partial charge in [-0.1, -0.05) is 12.1 Å². The first-order valence-electron chi connectivity index (χ1n) is 8.68. The van der Waals surface area contributed by atoms with Crippen molar-refractivity contribution in [3.63, 3.8) is 0 Å². The van der Waals surface area contributed by atoms with Gasteiger partial charge in [0.1, 0.15) is 11.8 Å². The number of carbonyl (C=O) groups excluding carboxylic acids is 3. The van der Waals surface area contributed by atoms with Gasteiger partial charge in [0, 0.05) is 11.6 Å². The van der Waals surface area contributed by atoms with Gasteiger partial charge in [0.05, 0.1) is 12.0 Å². The molecule has 1 aliphatic carbocycles. The molecular formula is C19H15F3N2O4. The molecule has 28 heavy (non-hydrogen) atoms. The number of furan rings is 1. The van der Waals surface area contributed by atoms with E-state index in [1.807, 2.05) is 0 Å². The van der Waals surface area contributed by atoms with Crippen LogP contribution in [0, 0.1) is 0 Å². The zero-order valence-corrected chi connectivity index (χ0v) is 14.5. The number of hydrogen-bond acceptors (Lipinski definition) is 4. The second kappa shape index (κ2) is 6.50. The second-order valence-electron chi connectivity index (χ2n) is 6.82. The van der Waals surface area contributed by atoms with Crippen molar-refractivity contribution >= 4 is 17.7 Å². The Morgan fingerprint density at radius 1 is 1.14 bits per heavy atom. The van der Waals surface area contributed by atoms with Gasteiger partial charge in [-0.15, -0.1) is 0 Å². The van der Waals surface area contributed by atoms with Gasteiger partial charge in [-0.05, 0) is 37.1 Å². The van der Waals surface area contributed by atoms with E-state index in [-0.39, 0.29) is 29.5 Å². The summed E-state index contributed by atoms with van der Waals surface area (Å²) in [4.78, 5) is 37.7. The maximum atomic E-state index is 12.9. The number of amides is 3. The first kappa shape index (κ1) is 18.3. The molecule has 146 valence electrons. The van der Waals surface area contributed by atoms with Crippen LogP contribution in [0.1, 0.15) is 35.4 Å². The van der Waals surface area contributed by atoms with Crippen molar-refractivity contribution < 1.29 is 32.0 Å². The summed E-state index contributed by atoms with van der Waals surface area (Å²) in [5.41, 5.74) is -0.643. The van der Waals surface area contributed by atoms with Crippen molar-refractivity contribution in [1.29, 1.82) is 0 Å². The summed E-state index contributed by atoms with van der Waals surface area (Å²) in [7, 11) is 0. The molecule has 1 N–H and O–H groups in total. The maximum absolute atomic E-state index is 12.9. The molecule has 2 aromatic rings. The number of alkyl halides is 3. The number of halogens is 3. The topological polar surface area (TPSA) is 79.6 Å². The predicted molar refractivity (Wildman–Crippen MR) is 89.9 cm³/mol. The minimum Gasteiger partial charge on any atom is -0.451 e. The van der Waals surface area contributed by atoms with Gasteiger partial charge in [-0.3, -0.25) is 19.7 Å². The van der Waals surface area contributed by atoms with Crippen LogP contribution in [0.15, 0.2) is 40.8 Å². The molecule has 2 aliphatic rings. The second-order valence-corrected chi connectivity index (χ2v) is 6.82. The Morgan fingerprint density at radius 2 is 1.89 bits per heavy atom. The molecule has 2 fully saturated rings. The van der Waals surface area contributed by atoms with E-state index in [2.05, 4.69) is 5.32 Å². The molecule has 1 aromatic heterocycles. The monoisotopic (exact) mass is 392 g/mol. The fourth-order valence-corrected chi connectivity index (χ4v) is 3.26. The van der Waals surface area contributed by atoms with Crippen molar-refractivity contribution in [3.8, 4) is 11.3 Å². The van der Waals surface area contributed by atoms with Gasteiger partial charge >= 0.3 is 6.18 Å². The average Bonchev–Trinajstić information content (AvgIpc) is 3.23. The van der Waals surface area contributed by atoms with E-state index >= 15 is 0 Å². The molecular weight excluding hydrogens is 377 g/mol. The van der Waals surface area contributed by atoms with Crippen LogP contribution >= 0.6 is 0 Å². The van der Waals surface area contributed by atoms with Crippen molar-refractivity contribution in [1.82, 2.24) is 10.2 Å². The van der Waals surface area contributed by atoms with Crippen LogP contribution in [0.4, 0.5) is 13.2 Å². The molecule has 6 nitrogen and oxygen atoms in total. The number of imide groups is 1. The molecule has 0 unspecified atom stereocenters. The van der Waals surface area contributed by atoms with Crippen LogP contribution in [0.25, 0.3) is 11.3 Å². The number of nitrogens with one attached hydrogen (secondary N) is 1. The van der Waals surface area contributed by atoms with Crippen molar-refractivity contribution in [2.24, 2.45) is 0 Å². The van der Waals surface area contributed by atoms with Crippen molar-refractivity contribution in [3.05, 3.63) is 47.7 Å². The Labute approximate surface area is 157 Å². The molecule has 1 saturated heterocycles. The quantitative estimate of drug-likeness (QED) is 0.812. The van der Waals surface area contributed by atoms with E-state index in [0.717, 1.165) is 12.1 Å². The minimum absolute atomic E-state index is 0.0912. The Morgan fingerprint density at radius 3 is 2.50 bits per heavy atom. The van der Waals surface area contributed by atoms with Gasteiger partial charge < -0.3 is 9.32 Å². The van der Waals surface area contributed by atoms with Gasteiger partial charge in [0.25, 0.3) is 5.91 Å². The van der Waals surface area contributed by atoms with Crippen LogP contribution in [0.5, 0.6) is 0 Å². The highest BCUT2D eigenvalue weighted by molar-refractivity contribution is 6.08. The number of rotatable bonds is 4. The Balaban J connectivity index is 1.61. The highest BCUT2D eigenvalue weighted by Gasteiger charge is 2.45. The summed E-state index contributed by atoms with van der Waals surface area (Å²) >= 11 is 0. The smallest absolute Gasteiger partial charge is 0.416 e. The lowest BCUT2D eigenvalue weighted by molar-refractivity contribution is -0.137. The summed E-state index contributed by atoms with van der Waals surface area (Å²) in [6.07, 6.45) is -3.18. The van der Waals surface area contributed by atoms with Crippen LogP contribution in [0.3, 0.4) is 0 Å². The number of benzene rings is 1. The van der Waals surface area contributed by atoms with E-state index in [0.29, 0.717) is 12.8 Å². The first-order chi connectivity index (χ1) is 13.2. The Bertz CT molecular complexity index is 962. The number of carbonyl (C=O) groups is 3. The lowest BCUT2D eigenvalue weighted by atomic mass is 10.1. The molecule has 1 aliphatic heterocycles. The standard InChI is InChI=1S/C19H15F3N2O4/c20-19(21,22)11-3-1-2-10(8-11)14-6-7-15(28-14)18(27)24(12-4-5-12)13-9-16(25)23-17(13)26/h1-3,6-8,12-13H,4-5,9H2,(H,23,25,26)/t13-/m1/s1. The third kappa shape index (κ3) is 3.39. The molecule has 1 atom stereocenters. The molecule has 0 radical (unpaired) electrons. The van der Waals surface area contributed by atoms with E-state index in [9.17, 15) is 27.6 Å². The van der Waals surface area contributed by atoms with Gasteiger partial charge in [-0.2, -0.15) is 13.2 Å². The van der Waals surface area contributed by atoms with Crippen LogP contribution in [-0.2, 0) is 15.8 Å². The summed E-state index contributed by atoms with van der Waals surface area (Å²) in [6, 6.07) is 6.32. The average molecular weight is 392 g/mol. The molecule has 4 rings (SSSR count). The summed E-state index contributed by atoms with van der Waals surface area (Å²) in [6.45, 7) is 0. The molecule has 0 spiro atoms. The number of hydrogen-bond donors (Lipinski definition) is 1. The third-order valence-corrected chi connectivity index (χ3v) is 4.75. The zero-order valence-electron chi connectivity index (χ0n) is 14.5. The molecule has 2 heterocycles. The number of nitrogens with zero attached hydrogens (tertiary/aromatic N) is 1. The van der Waals surface area contributed by atoms with Crippen LogP contribution < -0.4 is 5.32 Å². The van der Waals surface area contributed by atoms with E-state index in [4.69, 9.17) is 4.42 Å². The van der Waals surface area contributed by atoms with E-state index in [1.165, 1.54) is 29.2 Å². The van der Waals surface area contributed by atoms with Gasteiger partial charge in [0.2, 0.25) is 11.8 Å².